The van der Waals surface area contributed by atoms with Crippen LogP contribution in [-0.2, 0) is 6.54 Å². The lowest BCUT2D eigenvalue weighted by Crippen LogP contribution is -2.54. The van der Waals surface area contributed by atoms with Gasteiger partial charge >= 0.3 is 0 Å². The molecular formula is C23H24ClNO3. The van der Waals surface area contributed by atoms with E-state index in [0.717, 1.165) is 10.9 Å². The van der Waals surface area contributed by atoms with Crippen LogP contribution in [0.3, 0.4) is 0 Å². The van der Waals surface area contributed by atoms with Crippen LogP contribution in [0.1, 0.15) is 5.56 Å². The van der Waals surface area contributed by atoms with E-state index >= 15 is 0 Å². The predicted molar refractivity (Wildman–Crippen MR) is 117 cm³/mol. The largest absolute Gasteiger partial charge is 0.394 e. The van der Waals surface area contributed by atoms with Gasteiger partial charge in [0.15, 0.2) is 0 Å². The van der Waals surface area contributed by atoms with E-state index in [1.807, 2.05) is 24.3 Å². The number of benzene rings is 4. The fourth-order valence-corrected chi connectivity index (χ4v) is 3.68. The molecule has 0 aliphatic carbocycles. The van der Waals surface area contributed by atoms with E-state index in [2.05, 4.69) is 47.8 Å². The lowest BCUT2D eigenvalue weighted by Gasteiger charge is -2.29. The molecule has 0 unspecified atom stereocenters. The van der Waals surface area contributed by atoms with E-state index in [9.17, 15) is 15.3 Å². The van der Waals surface area contributed by atoms with Gasteiger partial charge in [0.25, 0.3) is 0 Å². The second-order valence-corrected chi connectivity index (χ2v) is 7.07. The number of halogens is 1. The first kappa shape index (κ1) is 20.5. The molecule has 0 fully saturated rings. The summed E-state index contributed by atoms with van der Waals surface area (Å²) in [4.78, 5) is 0. The summed E-state index contributed by atoms with van der Waals surface area (Å²) < 4.78 is 0. The van der Waals surface area contributed by atoms with E-state index in [1.54, 1.807) is 0 Å². The minimum atomic E-state index is -1.10. The lowest BCUT2D eigenvalue weighted by atomic mass is 9.93. The Morgan fingerprint density at radius 2 is 1.21 bits per heavy atom. The van der Waals surface area contributed by atoms with E-state index < -0.39 is 5.54 Å². The maximum Gasteiger partial charge on any atom is 0.0884 e. The maximum atomic E-state index is 9.60. The monoisotopic (exact) mass is 397 g/mol. The molecule has 0 amide bonds. The molecule has 4 nitrogen and oxygen atoms in total. The molecule has 0 atom stereocenters. The van der Waals surface area contributed by atoms with Gasteiger partial charge in [0, 0.05) is 6.54 Å². The number of rotatable bonds is 6. The molecule has 0 saturated carbocycles. The minimum Gasteiger partial charge on any atom is -0.394 e. The Labute approximate surface area is 169 Å². The van der Waals surface area contributed by atoms with Gasteiger partial charge in [0.1, 0.15) is 0 Å². The highest BCUT2D eigenvalue weighted by atomic mass is 35.5. The molecule has 0 bridgehead atoms. The molecule has 0 heterocycles. The summed E-state index contributed by atoms with van der Waals surface area (Å²) >= 11 is 0. The molecule has 0 spiro atoms. The average molecular weight is 398 g/mol. The van der Waals surface area contributed by atoms with Crippen molar-refractivity contribution in [3.05, 3.63) is 72.3 Å². The quantitative estimate of drug-likeness (QED) is 0.376. The average Bonchev–Trinajstić information content (AvgIpc) is 2.75. The van der Waals surface area contributed by atoms with Crippen LogP contribution >= 0.6 is 12.4 Å². The van der Waals surface area contributed by atoms with Crippen molar-refractivity contribution in [1.82, 2.24) is 5.32 Å². The van der Waals surface area contributed by atoms with E-state index in [-0.39, 0.29) is 32.2 Å². The van der Waals surface area contributed by atoms with Crippen LogP contribution in [0.15, 0.2) is 66.7 Å². The standard InChI is InChI=1S/C23H23NO3.ClH/c25-13-23(14-26,15-27)24-12-17-11-22-18-6-2-1-5-16(18)9-10-21(22)20-8-4-3-7-19(17)20;/h1-11,24-27H,12-15H2;1H. The molecule has 28 heavy (non-hydrogen) atoms. The highest BCUT2D eigenvalue weighted by Crippen LogP contribution is 2.33. The van der Waals surface area contributed by atoms with Crippen LogP contribution in [0.4, 0.5) is 0 Å². The van der Waals surface area contributed by atoms with Crippen molar-refractivity contribution in [2.45, 2.75) is 12.1 Å². The molecule has 0 radical (unpaired) electrons. The number of aliphatic hydroxyl groups is 3. The smallest absolute Gasteiger partial charge is 0.0884 e. The first-order valence-corrected chi connectivity index (χ1v) is 9.11. The predicted octanol–water partition coefficient (Wildman–Crippen LogP) is 3.37. The van der Waals surface area contributed by atoms with Crippen molar-refractivity contribution in [2.75, 3.05) is 19.8 Å². The fourth-order valence-electron chi connectivity index (χ4n) is 3.68. The van der Waals surface area contributed by atoms with Crippen molar-refractivity contribution >= 4 is 44.7 Å². The summed E-state index contributed by atoms with van der Waals surface area (Å²) in [6, 6.07) is 23.0. The Morgan fingerprint density at radius 1 is 0.643 bits per heavy atom. The highest BCUT2D eigenvalue weighted by molar-refractivity contribution is 6.18. The molecule has 4 aromatic carbocycles. The van der Waals surface area contributed by atoms with Crippen molar-refractivity contribution in [3.63, 3.8) is 0 Å². The van der Waals surface area contributed by atoms with Gasteiger partial charge in [-0.2, -0.15) is 0 Å². The summed E-state index contributed by atoms with van der Waals surface area (Å²) in [5.41, 5.74) is -0.0383. The molecule has 4 aromatic rings. The molecule has 0 aliphatic heterocycles. The molecule has 146 valence electrons. The molecule has 4 rings (SSSR count). The summed E-state index contributed by atoms with van der Waals surface area (Å²) in [7, 11) is 0. The Kier molecular flexibility index (Phi) is 6.18. The first-order chi connectivity index (χ1) is 13.2. The van der Waals surface area contributed by atoms with Gasteiger partial charge in [-0.15, -0.1) is 12.4 Å². The van der Waals surface area contributed by atoms with Crippen molar-refractivity contribution < 1.29 is 15.3 Å². The lowest BCUT2D eigenvalue weighted by molar-refractivity contribution is 0.0414. The highest BCUT2D eigenvalue weighted by Gasteiger charge is 2.27. The maximum absolute atomic E-state index is 9.60. The zero-order chi connectivity index (χ0) is 18.9. The van der Waals surface area contributed by atoms with Crippen LogP contribution < -0.4 is 5.32 Å². The van der Waals surface area contributed by atoms with Gasteiger partial charge in [-0.25, -0.2) is 0 Å². The zero-order valence-electron chi connectivity index (χ0n) is 15.4. The second-order valence-electron chi connectivity index (χ2n) is 7.07. The minimum absolute atomic E-state index is 0. The third kappa shape index (κ3) is 3.46. The van der Waals surface area contributed by atoms with E-state index in [1.165, 1.54) is 26.9 Å². The van der Waals surface area contributed by atoms with Gasteiger partial charge in [0.05, 0.1) is 25.4 Å². The second kappa shape index (κ2) is 8.43. The zero-order valence-corrected chi connectivity index (χ0v) is 16.2. The Bertz CT molecular complexity index is 1100. The molecule has 4 N–H and O–H groups in total. The molecule has 5 heteroatoms. The van der Waals surface area contributed by atoms with Gasteiger partial charge < -0.3 is 20.6 Å². The van der Waals surface area contributed by atoms with E-state index in [4.69, 9.17) is 0 Å². The fraction of sp³-hybridized carbons (Fsp3) is 0.217. The molecule has 0 aromatic heterocycles. The molecule has 0 saturated heterocycles. The number of aliphatic hydroxyl groups excluding tert-OH is 3. The SMILES string of the molecule is Cl.OCC(CO)(CO)NCc1cc2c3ccccc3ccc2c2ccccc12. The first-order valence-electron chi connectivity index (χ1n) is 9.11. The van der Waals surface area contributed by atoms with Crippen molar-refractivity contribution in [2.24, 2.45) is 0 Å². The van der Waals surface area contributed by atoms with Crippen molar-refractivity contribution in [3.8, 4) is 0 Å². The van der Waals surface area contributed by atoms with Gasteiger partial charge in [-0.3, -0.25) is 0 Å². The Morgan fingerprint density at radius 3 is 1.89 bits per heavy atom. The summed E-state index contributed by atoms with van der Waals surface area (Å²) in [6.45, 7) is -0.585. The Hall–Kier alpha value is -2.21. The van der Waals surface area contributed by atoms with Crippen LogP contribution in [0.5, 0.6) is 0 Å². The van der Waals surface area contributed by atoms with E-state index in [0.29, 0.717) is 6.54 Å². The molecule has 0 aliphatic rings. The van der Waals surface area contributed by atoms with Crippen LogP contribution in [-0.4, -0.2) is 40.7 Å². The summed E-state index contributed by atoms with van der Waals surface area (Å²) in [5, 5.41) is 39.0. The normalized spacial score (nSPS) is 11.8. The van der Waals surface area contributed by atoms with Gasteiger partial charge in [-0.05, 0) is 43.9 Å². The van der Waals surface area contributed by atoms with Crippen LogP contribution in [0.2, 0.25) is 0 Å². The number of fused-ring (bicyclic) bond motifs is 5. The number of nitrogens with one attached hydrogen (secondary N) is 1. The summed E-state index contributed by atoms with van der Waals surface area (Å²) in [6.07, 6.45) is 0. The number of hydrogen-bond donors (Lipinski definition) is 4. The third-order valence-electron chi connectivity index (χ3n) is 5.41. The van der Waals surface area contributed by atoms with Crippen molar-refractivity contribution in [1.29, 1.82) is 0 Å². The van der Waals surface area contributed by atoms with Gasteiger partial charge in [-0.1, -0.05) is 60.7 Å². The van der Waals surface area contributed by atoms with Crippen LogP contribution in [0, 0.1) is 0 Å². The Balaban J connectivity index is 0.00000225. The topological polar surface area (TPSA) is 72.7 Å². The third-order valence-corrected chi connectivity index (χ3v) is 5.41. The number of hydrogen-bond acceptors (Lipinski definition) is 4. The molecular weight excluding hydrogens is 374 g/mol. The van der Waals surface area contributed by atoms with Crippen LogP contribution in [0.25, 0.3) is 32.3 Å². The summed E-state index contributed by atoms with van der Waals surface area (Å²) in [5.74, 6) is 0. The van der Waals surface area contributed by atoms with Gasteiger partial charge in [0.2, 0.25) is 0 Å².